The molecular weight excluding hydrogens is 244 g/mol. The number of hydrogen-bond acceptors (Lipinski definition) is 3. The van der Waals surface area contributed by atoms with Crippen LogP contribution in [-0.2, 0) is 11.8 Å². The first kappa shape index (κ1) is 12.2. The number of rotatable bonds is 3. The predicted molar refractivity (Wildman–Crippen MR) is 68.4 cm³/mol. The van der Waals surface area contributed by atoms with E-state index >= 15 is 0 Å². The monoisotopic (exact) mass is 262 g/mol. The van der Waals surface area contributed by atoms with Gasteiger partial charge in [-0.3, -0.25) is 14.3 Å². The van der Waals surface area contributed by atoms with Crippen LogP contribution in [-0.4, -0.2) is 33.7 Å². The van der Waals surface area contributed by atoms with Gasteiger partial charge in [-0.25, -0.2) is 0 Å². The summed E-state index contributed by atoms with van der Waals surface area (Å²) < 4.78 is 1.56. The van der Waals surface area contributed by atoms with Crippen LogP contribution in [0.5, 0.6) is 0 Å². The molecule has 1 saturated heterocycles. The molecule has 2 fully saturated rings. The minimum Gasteiger partial charge on any atom is -0.351 e. The third-order valence-corrected chi connectivity index (χ3v) is 3.94. The van der Waals surface area contributed by atoms with E-state index < -0.39 is 0 Å². The van der Waals surface area contributed by atoms with Gasteiger partial charge < -0.3 is 10.6 Å². The minimum absolute atomic E-state index is 0.0348. The van der Waals surface area contributed by atoms with Crippen LogP contribution in [0.1, 0.15) is 36.2 Å². The number of piperidine rings is 1. The third kappa shape index (κ3) is 2.47. The molecule has 1 aliphatic heterocycles. The topological polar surface area (TPSA) is 76.0 Å². The molecule has 2 N–H and O–H groups in total. The lowest BCUT2D eigenvalue weighted by molar-refractivity contribution is -0.124. The molecular formula is C13H18N4O2. The molecule has 19 heavy (non-hydrogen) atoms. The summed E-state index contributed by atoms with van der Waals surface area (Å²) in [6, 6.07) is 1.83. The van der Waals surface area contributed by atoms with Gasteiger partial charge in [-0.05, 0) is 31.2 Å². The summed E-state index contributed by atoms with van der Waals surface area (Å²) in [7, 11) is 1.75. The molecule has 6 heteroatoms. The second-order valence-corrected chi connectivity index (χ2v) is 5.39. The average Bonchev–Trinajstić information content (AvgIpc) is 3.13. The summed E-state index contributed by atoms with van der Waals surface area (Å²) in [5.74, 6) is 0.510. The van der Waals surface area contributed by atoms with Crippen LogP contribution < -0.4 is 10.6 Å². The zero-order valence-electron chi connectivity index (χ0n) is 10.9. The number of hydrogen-bond donors (Lipinski definition) is 2. The Morgan fingerprint density at radius 3 is 2.89 bits per heavy atom. The lowest BCUT2D eigenvalue weighted by atomic mass is 9.94. The van der Waals surface area contributed by atoms with Gasteiger partial charge in [-0.15, -0.1) is 0 Å². The fraction of sp³-hybridized carbons (Fsp3) is 0.615. The molecule has 1 aromatic heterocycles. The standard InChI is InChI=1S/C13H18N4O2/c1-17-10(6-7-14-17)13(19)15-9-4-5-11(18)16-12(9)8-2-3-8/h6-9,12H,2-5H2,1H3,(H,15,19)(H,16,18)/t9-,12-/m1/s1. The molecule has 2 heterocycles. The van der Waals surface area contributed by atoms with Crippen LogP contribution in [0.4, 0.5) is 0 Å². The van der Waals surface area contributed by atoms with Gasteiger partial charge in [0.05, 0.1) is 12.1 Å². The molecule has 0 radical (unpaired) electrons. The Balaban J connectivity index is 1.69. The van der Waals surface area contributed by atoms with Crippen LogP contribution in [0.2, 0.25) is 0 Å². The van der Waals surface area contributed by atoms with Crippen LogP contribution in [0, 0.1) is 5.92 Å². The predicted octanol–water partition coefficient (Wildman–Crippen LogP) is 0.207. The summed E-state index contributed by atoms with van der Waals surface area (Å²) in [6.45, 7) is 0. The zero-order chi connectivity index (χ0) is 13.4. The van der Waals surface area contributed by atoms with E-state index in [1.54, 1.807) is 24.0 Å². The van der Waals surface area contributed by atoms with Crippen LogP contribution in [0.3, 0.4) is 0 Å². The smallest absolute Gasteiger partial charge is 0.269 e. The van der Waals surface area contributed by atoms with Crippen molar-refractivity contribution < 1.29 is 9.59 Å². The summed E-state index contributed by atoms with van der Waals surface area (Å²) in [5.41, 5.74) is 0.548. The molecule has 102 valence electrons. The number of nitrogens with zero attached hydrogens (tertiary/aromatic N) is 2. The number of amides is 2. The molecule has 1 saturated carbocycles. The Labute approximate surface area is 111 Å². The molecule has 1 aromatic rings. The normalized spacial score (nSPS) is 26.9. The Bertz CT molecular complexity index is 506. The van der Waals surface area contributed by atoms with Crippen LogP contribution >= 0.6 is 0 Å². The van der Waals surface area contributed by atoms with E-state index in [2.05, 4.69) is 15.7 Å². The van der Waals surface area contributed by atoms with Crippen molar-refractivity contribution >= 4 is 11.8 Å². The highest BCUT2D eigenvalue weighted by Crippen LogP contribution is 2.36. The highest BCUT2D eigenvalue weighted by molar-refractivity contribution is 5.92. The number of aryl methyl sites for hydroxylation is 1. The van der Waals surface area contributed by atoms with Crippen molar-refractivity contribution in [2.75, 3.05) is 0 Å². The Morgan fingerprint density at radius 1 is 1.47 bits per heavy atom. The molecule has 0 unspecified atom stereocenters. The Kier molecular flexibility index (Phi) is 3.00. The molecule has 2 amide bonds. The fourth-order valence-corrected chi connectivity index (χ4v) is 2.73. The molecule has 0 aromatic carbocycles. The Morgan fingerprint density at radius 2 is 2.26 bits per heavy atom. The second-order valence-electron chi connectivity index (χ2n) is 5.39. The average molecular weight is 262 g/mol. The highest BCUT2D eigenvalue weighted by atomic mass is 16.2. The molecule has 0 spiro atoms. The SMILES string of the molecule is Cn1nccc1C(=O)N[C@@H]1CCC(=O)N[C@@H]1C1CC1. The van der Waals surface area contributed by atoms with E-state index in [0.29, 0.717) is 18.0 Å². The summed E-state index contributed by atoms with van der Waals surface area (Å²) in [6.07, 6.45) is 5.10. The maximum atomic E-state index is 12.2. The van der Waals surface area contributed by atoms with Gasteiger partial charge in [0.2, 0.25) is 5.91 Å². The molecule has 1 aliphatic carbocycles. The number of nitrogens with one attached hydrogen (secondary N) is 2. The molecule has 0 bridgehead atoms. The van der Waals surface area contributed by atoms with E-state index in [1.807, 2.05) is 0 Å². The van der Waals surface area contributed by atoms with Crippen LogP contribution in [0.15, 0.2) is 12.3 Å². The summed E-state index contributed by atoms with van der Waals surface area (Å²) >= 11 is 0. The van der Waals surface area contributed by atoms with Gasteiger partial charge in [-0.1, -0.05) is 0 Å². The first-order valence-electron chi connectivity index (χ1n) is 6.73. The fourth-order valence-electron chi connectivity index (χ4n) is 2.73. The first-order valence-corrected chi connectivity index (χ1v) is 6.73. The quantitative estimate of drug-likeness (QED) is 0.817. The zero-order valence-corrected chi connectivity index (χ0v) is 10.9. The van der Waals surface area contributed by atoms with Gasteiger partial charge in [0.1, 0.15) is 5.69 Å². The lowest BCUT2D eigenvalue weighted by Crippen LogP contribution is -2.56. The molecule has 6 nitrogen and oxygen atoms in total. The second kappa shape index (κ2) is 4.68. The highest BCUT2D eigenvalue weighted by Gasteiger charge is 2.40. The maximum absolute atomic E-state index is 12.2. The third-order valence-electron chi connectivity index (χ3n) is 3.94. The van der Waals surface area contributed by atoms with Crippen LogP contribution in [0.25, 0.3) is 0 Å². The number of carbonyl (C=O) groups is 2. The van der Waals surface area contributed by atoms with E-state index in [1.165, 1.54) is 0 Å². The Hall–Kier alpha value is -1.85. The maximum Gasteiger partial charge on any atom is 0.269 e. The summed E-state index contributed by atoms with van der Waals surface area (Å²) in [5, 5.41) is 10.1. The van der Waals surface area contributed by atoms with Gasteiger partial charge >= 0.3 is 0 Å². The van der Waals surface area contributed by atoms with E-state index in [4.69, 9.17) is 0 Å². The minimum atomic E-state index is -0.119. The molecule has 2 atom stereocenters. The first-order chi connectivity index (χ1) is 9.15. The van der Waals surface area contributed by atoms with Crippen molar-refractivity contribution in [1.82, 2.24) is 20.4 Å². The summed E-state index contributed by atoms with van der Waals surface area (Å²) in [4.78, 5) is 23.7. The number of aromatic nitrogens is 2. The van der Waals surface area contributed by atoms with Crippen molar-refractivity contribution in [3.8, 4) is 0 Å². The molecule has 2 aliphatic rings. The van der Waals surface area contributed by atoms with Gasteiger partial charge in [0.15, 0.2) is 0 Å². The number of carbonyl (C=O) groups excluding carboxylic acids is 2. The van der Waals surface area contributed by atoms with Crippen molar-refractivity contribution in [3.63, 3.8) is 0 Å². The van der Waals surface area contributed by atoms with Crippen molar-refractivity contribution in [3.05, 3.63) is 18.0 Å². The van der Waals surface area contributed by atoms with Crippen molar-refractivity contribution in [1.29, 1.82) is 0 Å². The van der Waals surface area contributed by atoms with Gasteiger partial charge in [-0.2, -0.15) is 5.10 Å². The lowest BCUT2D eigenvalue weighted by Gasteiger charge is -2.33. The van der Waals surface area contributed by atoms with Gasteiger partial charge in [0, 0.05) is 19.7 Å². The van der Waals surface area contributed by atoms with E-state index in [0.717, 1.165) is 19.3 Å². The van der Waals surface area contributed by atoms with Gasteiger partial charge in [0.25, 0.3) is 5.91 Å². The van der Waals surface area contributed by atoms with Crippen molar-refractivity contribution in [2.45, 2.75) is 37.8 Å². The molecule has 3 rings (SSSR count). The van der Waals surface area contributed by atoms with Crippen molar-refractivity contribution in [2.24, 2.45) is 13.0 Å². The van der Waals surface area contributed by atoms with E-state index in [9.17, 15) is 9.59 Å². The van der Waals surface area contributed by atoms with E-state index in [-0.39, 0.29) is 23.9 Å². The largest absolute Gasteiger partial charge is 0.351 e.